The molecule has 0 saturated heterocycles. The van der Waals surface area contributed by atoms with Crippen LogP contribution in [0.2, 0.25) is 0 Å². The topological polar surface area (TPSA) is 26.3 Å². The summed E-state index contributed by atoms with van der Waals surface area (Å²) in [6, 6.07) is 17.4. The third-order valence-corrected chi connectivity index (χ3v) is 2.81. The van der Waals surface area contributed by atoms with Crippen molar-refractivity contribution >= 4 is 23.9 Å². The van der Waals surface area contributed by atoms with Gasteiger partial charge in [-0.1, -0.05) is 67.3 Å². The number of esters is 1. The zero-order valence-electron chi connectivity index (χ0n) is 11.4. The minimum absolute atomic E-state index is 0.337. The van der Waals surface area contributed by atoms with Gasteiger partial charge in [0.05, 0.1) is 0 Å². The first-order valence-corrected chi connectivity index (χ1v) is 6.37. The lowest BCUT2D eigenvalue weighted by Gasteiger charge is -2.08. The molecule has 2 nitrogen and oxygen atoms in total. The molecule has 0 atom stereocenters. The first-order chi connectivity index (χ1) is 9.70. The Labute approximate surface area is 119 Å². The van der Waals surface area contributed by atoms with Gasteiger partial charge in [0.1, 0.15) is 5.76 Å². The van der Waals surface area contributed by atoms with E-state index in [1.165, 1.54) is 6.92 Å². The molecule has 2 heteroatoms. The van der Waals surface area contributed by atoms with Gasteiger partial charge in [-0.25, -0.2) is 0 Å². The molecule has 2 aromatic rings. The van der Waals surface area contributed by atoms with Crippen molar-refractivity contribution in [2.75, 3.05) is 0 Å². The third kappa shape index (κ3) is 3.45. The van der Waals surface area contributed by atoms with Gasteiger partial charge in [-0.3, -0.25) is 4.79 Å². The van der Waals surface area contributed by atoms with Crippen LogP contribution < -0.4 is 0 Å². The van der Waals surface area contributed by atoms with Crippen LogP contribution in [0.5, 0.6) is 0 Å². The van der Waals surface area contributed by atoms with Crippen LogP contribution in [0, 0.1) is 0 Å². The van der Waals surface area contributed by atoms with E-state index in [1.807, 2.05) is 60.7 Å². The molecule has 0 aliphatic heterocycles. The van der Waals surface area contributed by atoms with Gasteiger partial charge in [-0.05, 0) is 17.2 Å². The first kappa shape index (κ1) is 13.8. The monoisotopic (exact) mass is 264 g/mol. The van der Waals surface area contributed by atoms with Crippen LogP contribution in [-0.4, -0.2) is 5.97 Å². The van der Waals surface area contributed by atoms with Gasteiger partial charge in [-0.2, -0.15) is 0 Å². The Morgan fingerprint density at radius 2 is 1.60 bits per heavy atom. The smallest absolute Gasteiger partial charge is 0.308 e. The number of hydrogen-bond donors (Lipinski definition) is 0. The molecule has 0 fully saturated rings. The molecular weight excluding hydrogens is 248 g/mol. The van der Waals surface area contributed by atoms with Crippen molar-refractivity contribution in [3.63, 3.8) is 0 Å². The summed E-state index contributed by atoms with van der Waals surface area (Å²) >= 11 is 0. The highest BCUT2D eigenvalue weighted by molar-refractivity contribution is 5.86. The molecule has 20 heavy (non-hydrogen) atoms. The molecule has 100 valence electrons. The molecule has 0 N–H and O–H groups in total. The van der Waals surface area contributed by atoms with Crippen molar-refractivity contribution in [1.82, 2.24) is 0 Å². The Kier molecular flexibility index (Phi) is 4.51. The maximum atomic E-state index is 11.3. The highest BCUT2D eigenvalue weighted by Gasteiger charge is 2.07. The van der Waals surface area contributed by atoms with E-state index in [4.69, 9.17) is 4.74 Å². The highest BCUT2D eigenvalue weighted by atomic mass is 16.5. The molecule has 0 amide bonds. The first-order valence-electron chi connectivity index (χ1n) is 6.37. The van der Waals surface area contributed by atoms with E-state index in [-0.39, 0.29) is 5.97 Å². The van der Waals surface area contributed by atoms with Crippen molar-refractivity contribution in [1.29, 1.82) is 0 Å². The number of ether oxygens (including phenoxy) is 1. The second-order valence-electron chi connectivity index (χ2n) is 4.30. The second-order valence-corrected chi connectivity index (χ2v) is 4.30. The predicted octanol–water partition coefficient (Wildman–Crippen LogP) is 4.39. The molecule has 2 aromatic carbocycles. The summed E-state index contributed by atoms with van der Waals surface area (Å²) in [5.74, 6) is 0.198. The Morgan fingerprint density at radius 1 is 1.00 bits per heavy atom. The summed E-state index contributed by atoms with van der Waals surface area (Å²) in [7, 11) is 0. The predicted molar refractivity (Wildman–Crippen MR) is 82.6 cm³/mol. The number of hydrogen-bond acceptors (Lipinski definition) is 2. The summed E-state index contributed by atoms with van der Waals surface area (Å²) in [6.07, 6.45) is 3.63. The average Bonchev–Trinajstić information content (AvgIpc) is 2.47. The number of carbonyl (C=O) groups is 1. The molecule has 2 rings (SSSR count). The summed E-state index contributed by atoms with van der Waals surface area (Å²) in [5, 5.41) is 0. The normalized spacial score (nSPS) is 10.9. The third-order valence-electron chi connectivity index (χ3n) is 2.81. The van der Waals surface area contributed by atoms with E-state index in [2.05, 4.69) is 6.58 Å². The van der Waals surface area contributed by atoms with Crippen molar-refractivity contribution in [3.05, 3.63) is 77.9 Å². The van der Waals surface area contributed by atoms with Gasteiger partial charge < -0.3 is 4.74 Å². The zero-order chi connectivity index (χ0) is 14.4. The van der Waals surface area contributed by atoms with Crippen LogP contribution in [-0.2, 0) is 9.53 Å². The molecule has 0 aliphatic rings. The number of carbonyl (C=O) groups excluding carboxylic acids is 1. The summed E-state index contributed by atoms with van der Waals surface area (Å²) in [4.78, 5) is 11.3. The van der Waals surface area contributed by atoms with Gasteiger partial charge in [0.25, 0.3) is 0 Å². The second kappa shape index (κ2) is 6.53. The molecular formula is C18H16O2. The van der Waals surface area contributed by atoms with Crippen molar-refractivity contribution in [2.24, 2.45) is 0 Å². The van der Waals surface area contributed by atoms with E-state index < -0.39 is 0 Å². The minimum Gasteiger partial charge on any atom is -0.426 e. The maximum absolute atomic E-state index is 11.3. The Balaban J connectivity index is 2.48. The molecule has 0 saturated carbocycles. The van der Waals surface area contributed by atoms with E-state index in [9.17, 15) is 4.79 Å². The number of benzene rings is 2. The molecule has 0 radical (unpaired) electrons. The van der Waals surface area contributed by atoms with Gasteiger partial charge in [0, 0.05) is 12.5 Å². The molecule has 0 unspecified atom stereocenters. The minimum atomic E-state index is -0.337. The van der Waals surface area contributed by atoms with Crippen molar-refractivity contribution < 1.29 is 9.53 Å². The maximum Gasteiger partial charge on any atom is 0.308 e. The van der Waals surface area contributed by atoms with Crippen LogP contribution in [0.15, 0.2) is 61.2 Å². The van der Waals surface area contributed by atoms with Crippen LogP contribution in [0.4, 0.5) is 0 Å². The van der Waals surface area contributed by atoms with Crippen molar-refractivity contribution in [2.45, 2.75) is 6.92 Å². The lowest BCUT2D eigenvalue weighted by atomic mass is 10.0. The summed E-state index contributed by atoms with van der Waals surface area (Å²) in [6.45, 7) is 5.19. The standard InChI is InChI=1S/C18H16O2/c1-3-15-9-7-8-12-17(15)13-18(20-14(2)19)16-10-5-4-6-11-16/h3-13H,1H2,2H3/b18-13-. The van der Waals surface area contributed by atoms with E-state index in [1.54, 1.807) is 6.08 Å². The summed E-state index contributed by atoms with van der Waals surface area (Å²) in [5.41, 5.74) is 2.82. The van der Waals surface area contributed by atoms with Crippen molar-refractivity contribution in [3.8, 4) is 0 Å². The van der Waals surface area contributed by atoms with Gasteiger partial charge in [0.2, 0.25) is 0 Å². The van der Waals surface area contributed by atoms with Crippen LogP contribution in [0.1, 0.15) is 23.6 Å². The van der Waals surface area contributed by atoms with Gasteiger partial charge in [-0.15, -0.1) is 0 Å². The molecule has 0 bridgehead atoms. The fourth-order valence-corrected chi connectivity index (χ4v) is 1.90. The quantitative estimate of drug-likeness (QED) is 0.465. The van der Waals surface area contributed by atoms with Crippen LogP contribution >= 0.6 is 0 Å². The number of rotatable bonds is 4. The average molecular weight is 264 g/mol. The van der Waals surface area contributed by atoms with Crippen LogP contribution in [0.25, 0.3) is 17.9 Å². The molecule has 0 aliphatic carbocycles. The highest BCUT2D eigenvalue weighted by Crippen LogP contribution is 2.22. The molecule has 0 aromatic heterocycles. The van der Waals surface area contributed by atoms with E-state index in [0.717, 1.165) is 16.7 Å². The van der Waals surface area contributed by atoms with Gasteiger partial charge >= 0.3 is 5.97 Å². The largest absolute Gasteiger partial charge is 0.426 e. The SMILES string of the molecule is C=Cc1ccccc1/C=C(\OC(C)=O)c1ccccc1. The fourth-order valence-electron chi connectivity index (χ4n) is 1.90. The lowest BCUT2D eigenvalue weighted by molar-refractivity contribution is -0.134. The fraction of sp³-hybridized carbons (Fsp3) is 0.0556. The Hall–Kier alpha value is -2.61. The Morgan fingerprint density at radius 3 is 2.20 bits per heavy atom. The van der Waals surface area contributed by atoms with Gasteiger partial charge in [0.15, 0.2) is 0 Å². The molecule has 0 heterocycles. The lowest BCUT2D eigenvalue weighted by Crippen LogP contribution is -1.98. The van der Waals surface area contributed by atoms with E-state index >= 15 is 0 Å². The Bertz CT molecular complexity index is 639. The van der Waals surface area contributed by atoms with Crippen LogP contribution in [0.3, 0.4) is 0 Å². The summed E-state index contributed by atoms with van der Waals surface area (Å²) < 4.78 is 5.33. The molecule has 0 spiro atoms. The van der Waals surface area contributed by atoms with E-state index in [0.29, 0.717) is 5.76 Å². The zero-order valence-corrected chi connectivity index (χ0v) is 11.4.